The zero-order chi connectivity index (χ0) is 12.5. The third-order valence-electron chi connectivity index (χ3n) is 4.65. The van der Waals surface area contributed by atoms with Gasteiger partial charge in [-0.25, -0.2) is 0 Å². The SMILES string of the molecule is CC1CN(C2CCCC(C)(C)CC2)CC(C)N1. The molecule has 1 aliphatic carbocycles. The monoisotopic (exact) mass is 238 g/mol. The highest BCUT2D eigenvalue weighted by Crippen LogP contribution is 2.35. The maximum Gasteiger partial charge on any atom is 0.0169 e. The van der Waals surface area contributed by atoms with Crippen molar-refractivity contribution < 1.29 is 0 Å². The van der Waals surface area contributed by atoms with Crippen molar-refractivity contribution in [1.29, 1.82) is 0 Å². The van der Waals surface area contributed by atoms with Crippen molar-refractivity contribution in [1.82, 2.24) is 10.2 Å². The minimum Gasteiger partial charge on any atom is -0.309 e. The summed E-state index contributed by atoms with van der Waals surface area (Å²) in [5, 5.41) is 3.64. The van der Waals surface area contributed by atoms with Crippen LogP contribution in [-0.2, 0) is 0 Å². The van der Waals surface area contributed by atoms with Crippen molar-refractivity contribution in [2.45, 2.75) is 77.9 Å². The highest BCUT2D eigenvalue weighted by molar-refractivity contribution is 4.88. The summed E-state index contributed by atoms with van der Waals surface area (Å²) in [4.78, 5) is 2.76. The van der Waals surface area contributed by atoms with Crippen LogP contribution in [0.1, 0.15) is 59.8 Å². The first-order chi connectivity index (χ1) is 7.96. The van der Waals surface area contributed by atoms with Crippen molar-refractivity contribution in [3.8, 4) is 0 Å². The van der Waals surface area contributed by atoms with E-state index in [1.165, 1.54) is 45.2 Å². The summed E-state index contributed by atoms with van der Waals surface area (Å²) in [5.74, 6) is 0. The number of hydrogen-bond donors (Lipinski definition) is 1. The third kappa shape index (κ3) is 3.69. The predicted octanol–water partition coefficient (Wildman–Crippen LogP) is 3.03. The van der Waals surface area contributed by atoms with Crippen LogP contribution in [0.4, 0.5) is 0 Å². The molecule has 0 bridgehead atoms. The zero-order valence-electron chi connectivity index (χ0n) is 12.1. The van der Waals surface area contributed by atoms with Gasteiger partial charge >= 0.3 is 0 Å². The molecule has 2 rings (SSSR count). The van der Waals surface area contributed by atoms with Gasteiger partial charge in [0.2, 0.25) is 0 Å². The Bertz CT molecular complexity index is 239. The molecule has 0 amide bonds. The number of rotatable bonds is 1. The van der Waals surface area contributed by atoms with E-state index in [-0.39, 0.29) is 0 Å². The van der Waals surface area contributed by atoms with Crippen molar-refractivity contribution >= 4 is 0 Å². The van der Waals surface area contributed by atoms with Gasteiger partial charge in [-0.1, -0.05) is 20.3 Å². The molecule has 1 saturated carbocycles. The van der Waals surface area contributed by atoms with Crippen LogP contribution < -0.4 is 5.32 Å². The summed E-state index contributed by atoms with van der Waals surface area (Å²) >= 11 is 0. The Morgan fingerprint density at radius 1 is 1.00 bits per heavy atom. The molecule has 1 N–H and O–H groups in total. The quantitative estimate of drug-likeness (QED) is 0.706. The normalized spacial score (nSPS) is 39.9. The van der Waals surface area contributed by atoms with Crippen LogP contribution in [0.2, 0.25) is 0 Å². The van der Waals surface area contributed by atoms with E-state index < -0.39 is 0 Å². The van der Waals surface area contributed by atoms with Gasteiger partial charge in [0.15, 0.2) is 0 Å². The van der Waals surface area contributed by atoms with Crippen molar-refractivity contribution in [3.05, 3.63) is 0 Å². The Morgan fingerprint density at radius 2 is 1.65 bits per heavy atom. The molecular weight excluding hydrogens is 208 g/mol. The summed E-state index contributed by atoms with van der Waals surface area (Å²) in [5.41, 5.74) is 0.583. The maximum atomic E-state index is 3.64. The summed E-state index contributed by atoms with van der Waals surface area (Å²) in [6.45, 7) is 12.0. The van der Waals surface area contributed by atoms with Gasteiger partial charge in [0, 0.05) is 31.2 Å². The zero-order valence-corrected chi connectivity index (χ0v) is 12.1. The van der Waals surface area contributed by atoms with E-state index in [4.69, 9.17) is 0 Å². The average molecular weight is 238 g/mol. The summed E-state index contributed by atoms with van der Waals surface area (Å²) in [6, 6.07) is 2.17. The van der Waals surface area contributed by atoms with E-state index in [0.29, 0.717) is 17.5 Å². The predicted molar refractivity (Wildman–Crippen MR) is 74.3 cm³/mol. The van der Waals surface area contributed by atoms with Crippen LogP contribution in [0.25, 0.3) is 0 Å². The molecule has 0 radical (unpaired) electrons. The van der Waals surface area contributed by atoms with E-state index >= 15 is 0 Å². The molecular formula is C15H30N2. The standard InChI is InChI=1S/C15H30N2/c1-12-10-17(11-13(2)16-12)14-6-5-8-15(3,4)9-7-14/h12-14,16H,5-11H2,1-4H3. The van der Waals surface area contributed by atoms with E-state index in [0.717, 1.165) is 6.04 Å². The number of piperazine rings is 1. The average Bonchev–Trinajstić information content (AvgIpc) is 2.38. The van der Waals surface area contributed by atoms with E-state index in [1.54, 1.807) is 0 Å². The van der Waals surface area contributed by atoms with Gasteiger partial charge < -0.3 is 5.32 Å². The van der Waals surface area contributed by atoms with E-state index in [9.17, 15) is 0 Å². The molecule has 1 heterocycles. The lowest BCUT2D eigenvalue weighted by Crippen LogP contribution is -2.56. The Hall–Kier alpha value is -0.0800. The smallest absolute Gasteiger partial charge is 0.0169 e. The van der Waals surface area contributed by atoms with Gasteiger partial charge in [-0.05, 0) is 44.9 Å². The first-order valence-electron chi connectivity index (χ1n) is 7.46. The molecule has 0 aromatic carbocycles. The second-order valence-corrected chi connectivity index (χ2v) is 7.17. The Kier molecular flexibility index (Phi) is 4.14. The minimum atomic E-state index is 0.583. The van der Waals surface area contributed by atoms with Gasteiger partial charge in [0.05, 0.1) is 0 Å². The Morgan fingerprint density at radius 3 is 2.29 bits per heavy atom. The Balaban J connectivity index is 1.93. The molecule has 0 spiro atoms. The molecule has 1 saturated heterocycles. The molecule has 2 heteroatoms. The number of hydrogen-bond acceptors (Lipinski definition) is 2. The van der Waals surface area contributed by atoms with Crippen molar-refractivity contribution in [2.75, 3.05) is 13.1 Å². The fraction of sp³-hybridized carbons (Fsp3) is 1.00. The number of nitrogens with one attached hydrogen (secondary N) is 1. The lowest BCUT2D eigenvalue weighted by molar-refractivity contribution is 0.110. The fourth-order valence-corrected chi connectivity index (χ4v) is 3.68. The summed E-state index contributed by atoms with van der Waals surface area (Å²) in [7, 11) is 0. The van der Waals surface area contributed by atoms with E-state index in [2.05, 4.69) is 37.9 Å². The minimum absolute atomic E-state index is 0.583. The molecule has 1 aliphatic heterocycles. The summed E-state index contributed by atoms with van der Waals surface area (Å²) < 4.78 is 0. The molecule has 17 heavy (non-hydrogen) atoms. The van der Waals surface area contributed by atoms with E-state index in [1.807, 2.05) is 0 Å². The second kappa shape index (κ2) is 5.27. The largest absolute Gasteiger partial charge is 0.309 e. The maximum absolute atomic E-state index is 3.64. The molecule has 3 unspecified atom stereocenters. The topological polar surface area (TPSA) is 15.3 Å². The highest BCUT2D eigenvalue weighted by atomic mass is 15.2. The first-order valence-corrected chi connectivity index (χ1v) is 7.46. The van der Waals surface area contributed by atoms with Crippen molar-refractivity contribution in [2.24, 2.45) is 5.41 Å². The van der Waals surface area contributed by atoms with Crippen LogP contribution in [0, 0.1) is 5.41 Å². The van der Waals surface area contributed by atoms with Crippen LogP contribution in [0.15, 0.2) is 0 Å². The van der Waals surface area contributed by atoms with Crippen LogP contribution in [0.3, 0.4) is 0 Å². The molecule has 100 valence electrons. The highest BCUT2D eigenvalue weighted by Gasteiger charge is 2.30. The van der Waals surface area contributed by atoms with Gasteiger partial charge in [-0.15, -0.1) is 0 Å². The third-order valence-corrected chi connectivity index (χ3v) is 4.65. The molecule has 2 nitrogen and oxygen atoms in total. The van der Waals surface area contributed by atoms with Gasteiger partial charge in [-0.2, -0.15) is 0 Å². The van der Waals surface area contributed by atoms with Crippen molar-refractivity contribution in [3.63, 3.8) is 0 Å². The van der Waals surface area contributed by atoms with Gasteiger partial charge in [0.25, 0.3) is 0 Å². The molecule has 0 aromatic rings. The molecule has 2 aliphatic rings. The molecule has 0 aromatic heterocycles. The van der Waals surface area contributed by atoms with Crippen LogP contribution in [0.5, 0.6) is 0 Å². The van der Waals surface area contributed by atoms with Crippen LogP contribution >= 0.6 is 0 Å². The fourth-order valence-electron chi connectivity index (χ4n) is 3.68. The lowest BCUT2D eigenvalue weighted by atomic mass is 9.85. The Labute approximate surface area is 107 Å². The number of nitrogens with zero attached hydrogens (tertiary/aromatic N) is 1. The molecule has 2 fully saturated rings. The molecule has 3 atom stereocenters. The van der Waals surface area contributed by atoms with Gasteiger partial charge in [0.1, 0.15) is 0 Å². The van der Waals surface area contributed by atoms with Gasteiger partial charge in [-0.3, -0.25) is 4.90 Å². The van der Waals surface area contributed by atoms with Crippen LogP contribution in [-0.4, -0.2) is 36.1 Å². The summed E-state index contributed by atoms with van der Waals surface area (Å²) in [6.07, 6.45) is 7.07. The lowest BCUT2D eigenvalue weighted by Gasteiger charge is -2.41. The first kappa shape index (κ1) is 13.4. The second-order valence-electron chi connectivity index (χ2n) is 7.17.